The molecular weight excluding hydrogens is 487 g/mol. The summed E-state index contributed by atoms with van der Waals surface area (Å²) in [5, 5.41) is 4.03. The van der Waals surface area contributed by atoms with Gasteiger partial charge in [-0.2, -0.15) is 4.98 Å². The second-order valence-electron chi connectivity index (χ2n) is 10.4. The zero-order chi connectivity index (χ0) is 26.6. The molecule has 2 fully saturated rings. The van der Waals surface area contributed by atoms with E-state index >= 15 is 0 Å². The molecule has 204 valence electrons. The van der Waals surface area contributed by atoms with E-state index in [1.54, 1.807) is 6.07 Å². The van der Waals surface area contributed by atoms with E-state index in [0.717, 1.165) is 49.5 Å². The summed E-state index contributed by atoms with van der Waals surface area (Å²) in [5.41, 5.74) is 6.16. The fraction of sp³-hybridized carbons (Fsp3) is 0.654. The summed E-state index contributed by atoms with van der Waals surface area (Å²) >= 11 is 0. The number of nitrogens with zero attached hydrogens (tertiary/aromatic N) is 4. The molecule has 1 atom stereocenters. The molecule has 2 aromatic rings. The Morgan fingerprint density at radius 3 is 2.65 bits per heavy atom. The first kappa shape index (κ1) is 27.2. The molecule has 0 spiro atoms. The second kappa shape index (κ2) is 11.7. The van der Waals surface area contributed by atoms with Gasteiger partial charge < -0.3 is 24.8 Å². The lowest BCUT2D eigenvalue weighted by molar-refractivity contribution is -0.133. The molecule has 2 saturated heterocycles. The van der Waals surface area contributed by atoms with Crippen molar-refractivity contribution in [3.05, 3.63) is 35.4 Å². The summed E-state index contributed by atoms with van der Waals surface area (Å²) in [6.45, 7) is 5.63. The topological polar surface area (TPSA) is 97.7 Å². The summed E-state index contributed by atoms with van der Waals surface area (Å²) in [6, 6.07) is 3.99. The number of aromatic nitrogens is 2. The molecule has 0 unspecified atom stereocenters. The summed E-state index contributed by atoms with van der Waals surface area (Å²) in [6.07, 6.45) is 3.51. The van der Waals surface area contributed by atoms with E-state index in [1.165, 1.54) is 12.1 Å². The number of hydrogen-bond acceptors (Lipinski definition) is 7. The number of ether oxygens (including phenoxy) is 1. The number of anilines is 1. The summed E-state index contributed by atoms with van der Waals surface area (Å²) in [4.78, 5) is 20.0. The van der Waals surface area contributed by atoms with E-state index in [9.17, 15) is 18.0 Å². The third-order valence-corrected chi connectivity index (χ3v) is 7.12. The van der Waals surface area contributed by atoms with Crippen molar-refractivity contribution in [2.45, 2.75) is 70.3 Å². The molecule has 11 heteroatoms. The van der Waals surface area contributed by atoms with Gasteiger partial charge in [0.15, 0.2) is 5.82 Å². The fourth-order valence-corrected chi connectivity index (χ4v) is 4.83. The maximum absolute atomic E-state index is 14.6. The fourth-order valence-electron chi connectivity index (χ4n) is 4.83. The van der Waals surface area contributed by atoms with Crippen LogP contribution >= 0.6 is 0 Å². The van der Waals surface area contributed by atoms with E-state index in [-0.39, 0.29) is 30.9 Å². The molecule has 3 heterocycles. The van der Waals surface area contributed by atoms with Gasteiger partial charge in [0.05, 0.1) is 19.2 Å². The van der Waals surface area contributed by atoms with Crippen molar-refractivity contribution in [2.75, 3.05) is 37.7 Å². The number of alkyl halides is 2. The molecule has 0 aliphatic carbocycles. The second-order valence-corrected chi connectivity index (χ2v) is 10.4. The minimum Gasteiger partial charge on any atom is -0.493 e. The number of piperidine rings is 1. The quantitative estimate of drug-likeness (QED) is 0.468. The van der Waals surface area contributed by atoms with Crippen LogP contribution in [-0.4, -0.2) is 65.7 Å². The van der Waals surface area contributed by atoms with Gasteiger partial charge in [-0.05, 0) is 49.7 Å². The van der Waals surface area contributed by atoms with Crippen LogP contribution < -0.4 is 15.4 Å². The average Bonchev–Trinajstić information content (AvgIpc) is 3.50. The highest BCUT2D eigenvalue weighted by Gasteiger charge is 2.41. The molecule has 1 aromatic carbocycles. The smallest absolute Gasteiger partial charge is 0.324 e. The number of carbonyl (C=O) groups is 1. The predicted molar refractivity (Wildman–Crippen MR) is 132 cm³/mol. The Morgan fingerprint density at radius 1 is 1.27 bits per heavy atom. The van der Waals surface area contributed by atoms with Crippen LogP contribution in [0.15, 0.2) is 22.7 Å². The van der Waals surface area contributed by atoms with E-state index in [0.29, 0.717) is 24.3 Å². The molecule has 0 saturated carbocycles. The number of carbonyl (C=O) groups excluding carboxylic acids is 1. The van der Waals surface area contributed by atoms with E-state index in [1.807, 2.05) is 13.8 Å². The third-order valence-electron chi connectivity index (χ3n) is 7.12. The van der Waals surface area contributed by atoms with Gasteiger partial charge in [0.2, 0.25) is 5.91 Å². The minimum absolute atomic E-state index is 0.0360. The monoisotopic (exact) mass is 523 g/mol. The zero-order valence-electron chi connectivity index (χ0n) is 21.5. The van der Waals surface area contributed by atoms with E-state index in [2.05, 4.69) is 15.0 Å². The van der Waals surface area contributed by atoms with Crippen molar-refractivity contribution in [3.8, 4) is 5.75 Å². The SMILES string of the molecule is CC(C)c1noc(N2CCC(CCCOc3ccc(C[C@H](N)C(=O)N4CCC(F)(F)C4)c(F)c3)CC2)n1. The van der Waals surface area contributed by atoms with Gasteiger partial charge in [-0.1, -0.05) is 25.1 Å². The van der Waals surface area contributed by atoms with Crippen molar-refractivity contribution in [1.82, 2.24) is 15.0 Å². The van der Waals surface area contributed by atoms with Crippen LogP contribution in [0.3, 0.4) is 0 Å². The highest BCUT2D eigenvalue weighted by molar-refractivity contribution is 5.82. The number of benzene rings is 1. The first-order valence-electron chi connectivity index (χ1n) is 13.0. The Morgan fingerprint density at radius 2 is 2.03 bits per heavy atom. The molecule has 1 aromatic heterocycles. The third kappa shape index (κ3) is 7.15. The van der Waals surface area contributed by atoms with Gasteiger partial charge in [0, 0.05) is 38.0 Å². The lowest BCUT2D eigenvalue weighted by Crippen LogP contribution is -2.44. The Hall–Kier alpha value is -2.82. The van der Waals surface area contributed by atoms with Gasteiger partial charge >= 0.3 is 6.01 Å². The summed E-state index contributed by atoms with van der Waals surface area (Å²) in [5.74, 6) is -2.04. The minimum atomic E-state index is -2.89. The first-order valence-corrected chi connectivity index (χ1v) is 13.0. The lowest BCUT2D eigenvalue weighted by atomic mass is 9.92. The Bertz CT molecular complexity index is 1060. The van der Waals surface area contributed by atoms with Gasteiger partial charge in [0.25, 0.3) is 5.92 Å². The molecule has 37 heavy (non-hydrogen) atoms. The molecule has 2 aliphatic rings. The molecule has 1 amide bonds. The van der Waals surface area contributed by atoms with Crippen molar-refractivity contribution < 1.29 is 27.2 Å². The Labute approximate surface area is 215 Å². The highest BCUT2D eigenvalue weighted by Crippen LogP contribution is 2.28. The van der Waals surface area contributed by atoms with Gasteiger partial charge in [-0.15, -0.1) is 0 Å². The highest BCUT2D eigenvalue weighted by atomic mass is 19.3. The molecular formula is C26H36F3N5O3. The van der Waals surface area contributed by atoms with E-state index in [4.69, 9.17) is 15.0 Å². The molecule has 2 aliphatic heterocycles. The number of hydrogen-bond donors (Lipinski definition) is 1. The zero-order valence-corrected chi connectivity index (χ0v) is 21.5. The first-order chi connectivity index (χ1) is 17.6. The van der Waals surface area contributed by atoms with Gasteiger partial charge in [0.1, 0.15) is 11.6 Å². The van der Waals surface area contributed by atoms with Gasteiger partial charge in [-0.3, -0.25) is 4.79 Å². The van der Waals surface area contributed by atoms with Crippen LogP contribution in [0.5, 0.6) is 5.75 Å². The van der Waals surface area contributed by atoms with Crippen LogP contribution in [0.4, 0.5) is 19.2 Å². The van der Waals surface area contributed by atoms with Crippen LogP contribution in [0.1, 0.15) is 63.3 Å². The molecule has 2 N–H and O–H groups in total. The largest absolute Gasteiger partial charge is 0.493 e. The van der Waals surface area contributed by atoms with Crippen molar-refractivity contribution in [3.63, 3.8) is 0 Å². The molecule has 0 radical (unpaired) electrons. The van der Waals surface area contributed by atoms with Crippen molar-refractivity contribution >= 4 is 11.9 Å². The van der Waals surface area contributed by atoms with Crippen LogP contribution in [-0.2, 0) is 11.2 Å². The van der Waals surface area contributed by atoms with Crippen LogP contribution in [0.2, 0.25) is 0 Å². The van der Waals surface area contributed by atoms with Gasteiger partial charge in [-0.25, -0.2) is 13.2 Å². The predicted octanol–water partition coefficient (Wildman–Crippen LogP) is 4.15. The van der Waals surface area contributed by atoms with Crippen LogP contribution in [0.25, 0.3) is 0 Å². The average molecular weight is 524 g/mol. The van der Waals surface area contributed by atoms with Crippen molar-refractivity contribution in [2.24, 2.45) is 11.7 Å². The normalized spacial score (nSPS) is 19.0. The number of rotatable bonds is 10. The molecule has 0 bridgehead atoms. The van der Waals surface area contributed by atoms with Crippen LogP contribution in [0, 0.1) is 11.7 Å². The summed E-state index contributed by atoms with van der Waals surface area (Å²) in [7, 11) is 0. The van der Waals surface area contributed by atoms with E-state index < -0.39 is 30.2 Å². The maximum atomic E-state index is 14.6. The number of halogens is 3. The number of nitrogens with two attached hydrogens (primary N) is 1. The Balaban J connectivity index is 1.16. The Kier molecular flexibility index (Phi) is 8.61. The lowest BCUT2D eigenvalue weighted by Gasteiger charge is -2.30. The molecule has 4 rings (SSSR count). The maximum Gasteiger partial charge on any atom is 0.324 e. The molecule has 8 nitrogen and oxygen atoms in total. The number of likely N-dealkylation sites (tertiary alicyclic amines) is 1. The standard InChI is InChI=1S/C26H36F3N5O3/c1-17(2)23-31-25(37-32-23)33-10-7-18(8-11-33)4-3-13-36-20-6-5-19(21(27)15-20)14-22(30)24(35)34-12-9-26(28,29)16-34/h5-6,15,17-18,22H,3-4,7-14,16,30H2,1-2H3/t22-/m0/s1. The van der Waals surface area contributed by atoms with Crippen molar-refractivity contribution in [1.29, 1.82) is 0 Å². The number of amides is 1. The summed E-state index contributed by atoms with van der Waals surface area (Å²) < 4.78 is 52.5.